The molecule has 3 aromatic rings. The van der Waals surface area contributed by atoms with Crippen LogP contribution in [0.4, 0.5) is 10.1 Å². The first-order valence-corrected chi connectivity index (χ1v) is 12.1. The summed E-state index contributed by atoms with van der Waals surface area (Å²) in [7, 11) is 0. The van der Waals surface area contributed by atoms with Crippen molar-refractivity contribution in [1.29, 1.82) is 0 Å². The van der Waals surface area contributed by atoms with Gasteiger partial charge in [0.25, 0.3) is 5.69 Å². The summed E-state index contributed by atoms with van der Waals surface area (Å²) in [5.41, 5.74) is 1.91. The maximum Gasteiger partial charge on any atom is 0.282 e. The number of carbonyl (C=O) groups is 1. The molecular weight excluding hydrogens is 483 g/mol. The number of piperazine rings is 1. The summed E-state index contributed by atoms with van der Waals surface area (Å²) < 4.78 is 13.2. The molecule has 2 aromatic carbocycles. The fourth-order valence-corrected chi connectivity index (χ4v) is 5.41. The molecule has 0 radical (unpaired) electrons. The second kappa shape index (κ2) is 10.2. The van der Waals surface area contributed by atoms with Gasteiger partial charge in [0.1, 0.15) is 11.4 Å². The number of allylic oxidation sites excluding steroid dienone is 1. The van der Waals surface area contributed by atoms with E-state index in [-0.39, 0.29) is 34.2 Å². The summed E-state index contributed by atoms with van der Waals surface area (Å²) in [6, 6.07) is 13.3. The molecule has 36 heavy (non-hydrogen) atoms. The Hall–Kier alpha value is -3.62. The van der Waals surface area contributed by atoms with E-state index in [9.17, 15) is 19.3 Å². The normalized spacial score (nSPS) is 19.7. The average molecular weight is 507 g/mol. The number of halogens is 2. The highest BCUT2D eigenvalue weighted by Gasteiger charge is 2.38. The Balaban J connectivity index is 1.33. The van der Waals surface area contributed by atoms with E-state index in [2.05, 4.69) is 14.8 Å². The van der Waals surface area contributed by atoms with Crippen molar-refractivity contribution in [2.75, 3.05) is 13.1 Å². The zero-order valence-electron chi connectivity index (χ0n) is 19.4. The highest BCUT2D eigenvalue weighted by molar-refractivity contribution is 6.34. The molecule has 1 aromatic heterocycles. The van der Waals surface area contributed by atoms with Crippen molar-refractivity contribution < 1.29 is 14.1 Å². The van der Waals surface area contributed by atoms with Crippen LogP contribution in [0, 0.1) is 15.9 Å². The Labute approximate surface area is 213 Å². The van der Waals surface area contributed by atoms with E-state index in [1.165, 1.54) is 30.3 Å². The lowest BCUT2D eigenvalue weighted by Crippen LogP contribution is -2.50. The number of benzene rings is 2. The van der Waals surface area contributed by atoms with E-state index in [0.29, 0.717) is 11.1 Å². The third kappa shape index (κ3) is 5.01. The van der Waals surface area contributed by atoms with Gasteiger partial charge >= 0.3 is 0 Å². The molecule has 2 saturated heterocycles. The van der Waals surface area contributed by atoms with Gasteiger partial charge in [0.2, 0.25) is 0 Å². The number of likely N-dealkylation sites (tertiary alicyclic amines) is 1. The van der Waals surface area contributed by atoms with Crippen LogP contribution in [0.2, 0.25) is 5.02 Å². The molecule has 0 aliphatic carbocycles. The number of hydrogen-bond acceptors (Lipinski definition) is 6. The second-order valence-electron chi connectivity index (χ2n) is 9.18. The van der Waals surface area contributed by atoms with Crippen LogP contribution in [0.25, 0.3) is 11.1 Å². The number of nitro benzene ring substituents is 1. The number of pyridine rings is 1. The number of fused-ring (bicyclic) bond motifs is 2. The van der Waals surface area contributed by atoms with Crippen LogP contribution in [0.1, 0.15) is 28.8 Å². The third-order valence-corrected chi connectivity index (χ3v) is 7.16. The molecule has 0 N–H and O–H groups in total. The zero-order valence-corrected chi connectivity index (χ0v) is 20.1. The monoisotopic (exact) mass is 506 g/mol. The quantitative estimate of drug-likeness (QED) is 0.182. The van der Waals surface area contributed by atoms with E-state index < -0.39 is 10.7 Å². The minimum absolute atomic E-state index is 0.0122. The lowest BCUT2D eigenvalue weighted by Gasteiger charge is -2.40. The Kier molecular flexibility index (Phi) is 6.80. The molecule has 2 fully saturated rings. The van der Waals surface area contributed by atoms with E-state index in [0.717, 1.165) is 38.0 Å². The summed E-state index contributed by atoms with van der Waals surface area (Å²) in [5, 5.41) is 11.9. The fourth-order valence-electron chi connectivity index (χ4n) is 5.14. The molecule has 0 spiro atoms. The summed E-state index contributed by atoms with van der Waals surface area (Å²) in [5.74, 6) is -0.691. The molecule has 2 bridgehead atoms. The molecule has 0 saturated carbocycles. The Morgan fingerprint density at radius 3 is 2.53 bits per heavy atom. The van der Waals surface area contributed by atoms with E-state index in [1.54, 1.807) is 42.9 Å². The largest absolute Gasteiger partial charge is 0.369 e. The first-order valence-electron chi connectivity index (χ1n) is 11.7. The highest BCUT2D eigenvalue weighted by atomic mass is 35.5. The molecule has 5 rings (SSSR count). The van der Waals surface area contributed by atoms with Crippen molar-refractivity contribution in [3.8, 4) is 11.1 Å². The smallest absolute Gasteiger partial charge is 0.282 e. The van der Waals surface area contributed by atoms with Gasteiger partial charge in [-0.15, -0.1) is 0 Å². The number of ketones is 1. The molecule has 2 aliphatic heterocycles. The minimum Gasteiger partial charge on any atom is -0.369 e. The first kappa shape index (κ1) is 24.1. The fraction of sp³-hybridized carbons (Fsp3) is 0.259. The lowest BCUT2D eigenvalue weighted by molar-refractivity contribution is -0.385. The molecule has 184 valence electrons. The standard InChI is InChI=1S/C27H24ClFN4O3/c28-25-13-26(33(35)36)24(12-23(25)19-2-1-10-30-14-19)27(34)9-11-32-21-7-8-22(32)17-31(16-21)15-18-3-5-20(29)6-4-18/h1-6,9-14,21-22H,7-8,15-17H2/b11-9+. The van der Waals surface area contributed by atoms with Crippen molar-refractivity contribution >= 4 is 23.1 Å². The predicted octanol–water partition coefficient (Wildman–Crippen LogP) is 5.49. The molecule has 2 unspecified atom stereocenters. The Morgan fingerprint density at radius 1 is 1.17 bits per heavy atom. The van der Waals surface area contributed by atoms with Crippen molar-refractivity contribution in [1.82, 2.24) is 14.8 Å². The SMILES string of the molecule is O=C(/C=C/N1C2CCC1CN(Cc1ccc(F)cc1)C2)c1cc(-c2cccnc2)c(Cl)cc1[N+](=O)[O-]. The van der Waals surface area contributed by atoms with Crippen molar-refractivity contribution in [3.63, 3.8) is 0 Å². The molecule has 3 heterocycles. The number of nitro groups is 1. The van der Waals surface area contributed by atoms with E-state index in [1.807, 2.05) is 0 Å². The number of aromatic nitrogens is 1. The van der Waals surface area contributed by atoms with Gasteiger partial charge in [0, 0.05) is 73.6 Å². The third-order valence-electron chi connectivity index (χ3n) is 6.85. The second-order valence-corrected chi connectivity index (χ2v) is 9.59. The molecule has 2 aliphatic rings. The zero-order chi connectivity index (χ0) is 25.2. The Morgan fingerprint density at radius 2 is 1.89 bits per heavy atom. The van der Waals surface area contributed by atoms with Gasteiger partial charge in [-0.05, 0) is 42.7 Å². The van der Waals surface area contributed by atoms with Gasteiger partial charge in [0.05, 0.1) is 9.95 Å². The van der Waals surface area contributed by atoms with Crippen LogP contribution < -0.4 is 0 Å². The van der Waals surface area contributed by atoms with Gasteiger partial charge in [-0.3, -0.25) is 24.8 Å². The summed E-state index contributed by atoms with van der Waals surface area (Å²) >= 11 is 6.32. The van der Waals surface area contributed by atoms with Gasteiger partial charge in [-0.25, -0.2) is 4.39 Å². The van der Waals surface area contributed by atoms with E-state index >= 15 is 0 Å². The molecule has 9 heteroatoms. The summed E-state index contributed by atoms with van der Waals surface area (Å²) in [6.07, 6.45) is 8.43. The first-order chi connectivity index (χ1) is 17.4. The van der Waals surface area contributed by atoms with Gasteiger partial charge < -0.3 is 4.90 Å². The number of nitrogens with zero attached hydrogens (tertiary/aromatic N) is 4. The number of rotatable bonds is 7. The molecular formula is C27H24ClFN4O3. The van der Waals surface area contributed by atoms with Gasteiger partial charge in [-0.1, -0.05) is 29.8 Å². The highest BCUT2D eigenvalue weighted by Crippen LogP contribution is 2.35. The summed E-state index contributed by atoms with van der Waals surface area (Å²) in [4.78, 5) is 32.9. The summed E-state index contributed by atoms with van der Waals surface area (Å²) in [6.45, 7) is 2.41. The van der Waals surface area contributed by atoms with Crippen LogP contribution in [-0.2, 0) is 6.54 Å². The number of carbonyl (C=O) groups excluding carboxylic acids is 1. The maximum absolute atomic E-state index is 13.2. The van der Waals surface area contributed by atoms with Crippen LogP contribution in [0.15, 0.2) is 73.2 Å². The topological polar surface area (TPSA) is 79.6 Å². The average Bonchev–Trinajstić information content (AvgIpc) is 3.11. The van der Waals surface area contributed by atoms with Crippen LogP contribution in [0.3, 0.4) is 0 Å². The molecule has 0 amide bonds. The van der Waals surface area contributed by atoms with E-state index in [4.69, 9.17) is 11.6 Å². The van der Waals surface area contributed by atoms with Gasteiger partial charge in [-0.2, -0.15) is 0 Å². The Bertz CT molecular complexity index is 1300. The molecule has 2 atom stereocenters. The van der Waals surface area contributed by atoms with Crippen molar-refractivity contribution in [2.45, 2.75) is 31.5 Å². The van der Waals surface area contributed by atoms with Crippen LogP contribution >= 0.6 is 11.6 Å². The predicted molar refractivity (Wildman–Crippen MR) is 135 cm³/mol. The lowest BCUT2D eigenvalue weighted by atomic mass is 10.0. The van der Waals surface area contributed by atoms with Crippen LogP contribution in [0.5, 0.6) is 0 Å². The molecule has 7 nitrogen and oxygen atoms in total. The minimum atomic E-state index is -0.585. The van der Waals surface area contributed by atoms with Crippen molar-refractivity contribution in [2.24, 2.45) is 0 Å². The van der Waals surface area contributed by atoms with Crippen molar-refractivity contribution in [3.05, 3.63) is 105 Å². The maximum atomic E-state index is 13.2. The number of hydrogen-bond donors (Lipinski definition) is 0. The van der Waals surface area contributed by atoms with Gasteiger partial charge in [0.15, 0.2) is 5.78 Å². The van der Waals surface area contributed by atoms with Crippen LogP contribution in [-0.4, -0.2) is 50.7 Å².